The fraction of sp³-hybridized carbons (Fsp3) is 0.208. The van der Waals surface area contributed by atoms with Crippen LogP contribution in [0.5, 0.6) is 0 Å². The van der Waals surface area contributed by atoms with Gasteiger partial charge in [-0.2, -0.15) is 5.26 Å². The zero-order valence-corrected chi connectivity index (χ0v) is 18.3. The van der Waals surface area contributed by atoms with E-state index in [-0.39, 0.29) is 11.8 Å². The van der Waals surface area contributed by atoms with Crippen LogP contribution in [-0.2, 0) is 12.8 Å². The summed E-state index contributed by atoms with van der Waals surface area (Å²) in [5.41, 5.74) is 3.14. The second kappa shape index (κ2) is 9.34. The van der Waals surface area contributed by atoms with Crippen molar-refractivity contribution >= 4 is 45.4 Å². The smallest absolute Gasteiger partial charge is 0.258 e. The summed E-state index contributed by atoms with van der Waals surface area (Å²) in [6.45, 7) is 0. The van der Waals surface area contributed by atoms with Crippen molar-refractivity contribution in [1.82, 2.24) is 0 Å². The van der Waals surface area contributed by atoms with E-state index in [2.05, 4.69) is 10.6 Å². The van der Waals surface area contributed by atoms with E-state index in [0.717, 1.165) is 42.5 Å². The van der Waals surface area contributed by atoms with Crippen LogP contribution in [0.3, 0.4) is 0 Å². The summed E-state index contributed by atoms with van der Waals surface area (Å²) in [7, 11) is 0. The van der Waals surface area contributed by atoms with Crippen LogP contribution in [0, 0.1) is 11.3 Å². The summed E-state index contributed by atoms with van der Waals surface area (Å²) in [6.07, 6.45) is 4.96. The first-order chi connectivity index (χ1) is 15.0. The molecule has 0 saturated carbocycles. The largest absolute Gasteiger partial charge is 0.322 e. The highest BCUT2D eigenvalue weighted by Gasteiger charge is 2.26. The molecule has 0 radical (unpaired) electrons. The van der Waals surface area contributed by atoms with Gasteiger partial charge in [0.2, 0.25) is 0 Å². The van der Waals surface area contributed by atoms with Crippen molar-refractivity contribution in [3.05, 3.63) is 80.7 Å². The molecule has 1 aliphatic carbocycles. The molecule has 31 heavy (non-hydrogen) atoms. The third-order valence-corrected chi connectivity index (χ3v) is 6.71. The summed E-state index contributed by atoms with van der Waals surface area (Å²) in [6, 6.07) is 15.4. The van der Waals surface area contributed by atoms with Gasteiger partial charge in [-0.05, 0) is 79.8 Å². The molecule has 0 spiro atoms. The minimum absolute atomic E-state index is 0.239. The van der Waals surface area contributed by atoms with Crippen molar-refractivity contribution in [3.8, 4) is 6.07 Å². The summed E-state index contributed by atoms with van der Waals surface area (Å²) >= 11 is 7.43. The molecule has 2 N–H and O–H groups in total. The molecule has 1 aliphatic rings. The Hall–Kier alpha value is -3.14. The number of halogens is 1. The SMILES string of the molecule is N#Cc1ccc(C(=O)Nc2sc3c(c2C(=O)Nc2ccc(Cl)cc2)CCCCC3)cc1. The van der Waals surface area contributed by atoms with Gasteiger partial charge in [0.05, 0.1) is 17.2 Å². The second-order valence-electron chi connectivity index (χ2n) is 7.37. The van der Waals surface area contributed by atoms with Crippen LogP contribution in [0.15, 0.2) is 48.5 Å². The molecule has 5 nitrogen and oxygen atoms in total. The summed E-state index contributed by atoms with van der Waals surface area (Å²) in [5.74, 6) is -0.543. The highest BCUT2D eigenvalue weighted by atomic mass is 35.5. The second-order valence-corrected chi connectivity index (χ2v) is 8.91. The van der Waals surface area contributed by atoms with Gasteiger partial charge in [-0.15, -0.1) is 11.3 Å². The number of carbonyl (C=O) groups is 2. The molecule has 0 atom stereocenters. The topological polar surface area (TPSA) is 82.0 Å². The number of rotatable bonds is 4. The Morgan fingerprint density at radius 1 is 0.903 bits per heavy atom. The van der Waals surface area contributed by atoms with Crippen LogP contribution in [0.1, 0.15) is 56.0 Å². The Labute approximate surface area is 189 Å². The lowest BCUT2D eigenvalue weighted by molar-refractivity contribution is 0.102. The lowest BCUT2D eigenvalue weighted by atomic mass is 10.0. The third-order valence-electron chi connectivity index (χ3n) is 5.25. The maximum atomic E-state index is 13.2. The molecule has 2 aromatic carbocycles. The van der Waals surface area contributed by atoms with Gasteiger partial charge >= 0.3 is 0 Å². The van der Waals surface area contributed by atoms with E-state index in [9.17, 15) is 9.59 Å². The average molecular weight is 450 g/mol. The van der Waals surface area contributed by atoms with E-state index in [4.69, 9.17) is 16.9 Å². The highest BCUT2D eigenvalue weighted by molar-refractivity contribution is 7.17. The number of anilines is 2. The number of hydrogen-bond donors (Lipinski definition) is 2. The molecule has 0 aliphatic heterocycles. The predicted octanol–water partition coefficient (Wildman–Crippen LogP) is 6.05. The predicted molar refractivity (Wildman–Crippen MR) is 124 cm³/mol. The van der Waals surface area contributed by atoms with E-state index < -0.39 is 0 Å². The first kappa shape index (κ1) is 21.1. The summed E-state index contributed by atoms with van der Waals surface area (Å²) in [4.78, 5) is 27.2. The van der Waals surface area contributed by atoms with Gasteiger partial charge in [-0.25, -0.2) is 0 Å². The van der Waals surface area contributed by atoms with Crippen molar-refractivity contribution in [2.45, 2.75) is 32.1 Å². The molecule has 0 bridgehead atoms. The van der Waals surface area contributed by atoms with E-state index in [1.165, 1.54) is 11.3 Å². The maximum Gasteiger partial charge on any atom is 0.258 e. The highest BCUT2D eigenvalue weighted by Crippen LogP contribution is 2.38. The quantitative estimate of drug-likeness (QED) is 0.476. The zero-order chi connectivity index (χ0) is 21.8. The molecule has 7 heteroatoms. The number of amides is 2. The summed E-state index contributed by atoms with van der Waals surface area (Å²) < 4.78 is 0. The van der Waals surface area contributed by atoms with Crippen LogP contribution in [0.2, 0.25) is 5.02 Å². The Balaban J connectivity index is 1.64. The molecule has 156 valence electrons. The number of carbonyl (C=O) groups excluding carboxylic acids is 2. The fourth-order valence-corrected chi connectivity index (χ4v) is 5.08. The molecular formula is C24H20ClN3O2S. The minimum Gasteiger partial charge on any atom is -0.322 e. The van der Waals surface area contributed by atoms with Gasteiger partial charge in [-0.1, -0.05) is 18.0 Å². The van der Waals surface area contributed by atoms with Gasteiger partial charge in [0.25, 0.3) is 11.8 Å². The molecule has 3 aromatic rings. The van der Waals surface area contributed by atoms with Crippen LogP contribution >= 0.6 is 22.9 Å². The molecular weight excluding hydrogens is 430 g/mol. The van der Waals surface area contributed by atoms with Gasteiger partial charge in [-0.3, -0.25) is 9.59 Å². The average Bonchev–Trinajstić information content (AvgIpc) is 2.95. The molecule has 4 rings (SSSR count). The maximum absolute atomic E-state index is 13.2. The van der Waals surface area contributed by atoms with Crippen LogP contribution in [-0.4, -0.2) is 11.8 Å². The van der Waals surface area contributed by atoms with Crippen molar-refractivity contribution in [1.29, 1.82) is 5.26 Å². The Morgan fingerprint density at radius 3 is 2.32 bits per heavy atom. The number of aryl methyl sites for hydroxylation is 1. The Bertz CT molecular complexity index is 1160. The van der Waals surface area contributed by atoms with E-state index >= 15 is 0 Å². The van der Waals surface area contributed by atoms with Gasteiger partial charge in [0, 0.05) is 21.2 Å². The molecule has 1 heterocycles. The van der Waals surface area contributed by atoms with Crippen LogP contribution in [0.4, 0.5) is 10.7 Å². The van der Waals surface area contributed by atoms with Crippen LogP contribution in [0.25, 0.3) is 0 Å². The third kappa shape index (κ3) is 4.79. The number of nitrogens with zero attached hydrogens (tertiary/aromatic N) is 1. The molecule has 0 saturated heterocycles. The van der Waals surface area contributed by atoms with Gasteiger partial charge < -0.3 is 10.6 Å². The van der Waals surface area contributed by atoms with E-state index in [1.807, 2.05) is 6.07 Å². The van der Waals surface area contributed by atoms with Gasteiger partial charge in [0.1, 0.15) is 5.00 Å². The van der Waals surface area contributed by atoms with Crippen molar-refractivity contribution in [2.24, 2.45) is 0 Å². The summed E-state index contributed by atoms with van der Waals surface area (Å²) in [5, 5.41) is 16.0. The molecule has 1 aromatic heterocycles. The monoisotopic (exact) mass is 449 g/mol. The van der Waals surface area contributed by atoms with Crippen LogP contribution < -0.4 is 10.6 Å². The van der Waals surface area contributed by atoms with Gasteiger partial charge in [0.15, 0.2) is 0 Å². The molecule has 0 unspecified atom stereocenters. The van der Waals surface area contributed by atoms with E-state index in [1.54, 1.807) is 48.5 Å². The molecule has 2 amide bonds. The lowest BCUT2D eigenvalue weighted by Crippen LogP contribution is -2.18. The standard InChI is InChI=1S/C24H20ClN3O2S/c25-17-10-12-18(13-11-17)27-23(30)21-19-4-2-1-3-5-20(19)31-24(21)28-22(29)16-8-6-15(14-26)7-9-16/h6-13H,1-5H2,(H,27,30)(H,28,29). The normalized spacial score (nSPS) is 12.9. The van der Waals surface area contributed by atoms with Crippen molar-refractivity contribution in [2.75, 3.05) is 10.6 Å². The zero-order valence-electron chi connectivity index (χ0n) is 16.7. The first-order valence-electron chi connectivity index (χ1n) is 10.1. The minimum atomic E-state index is -0.304. The Kier molecular flexibility index (Phi) is 6.36. The van der Waals surface area contributed by atoms with E-state index in [0.29, 0.717) is 32.4 Å². The number of thiophene rings is 1. The fourth-order valence-electron chi connectivity index (χ4n) is 3.67. The number of hydrogen-bond acceptors (Lipinski definition) is 4. The number of nitriles is 1. The molecule has 0 fully saturated rings. The number of fused-ring (bicyclic) bond motifs is 1. The number of nitrogens with one attached hydrogen (secondary N) is 2. The lowest BCUT2D eigenvalue weighted by Gasteiger charge is -2.10. The first-order valence-corrected chi connectivity index (χ1v) is 11.3. The van der Waals surface area contributed by atoms with Crippen molar-refractivity contribution < 1.29 is 9.59 Å². The van der Waals surface area contributed by atoms with Crippen molar-refractivity contribution in [3.63, 3.8) is 0 Å². The Morgan fingerprint density at radius 2 is 1.61 bits per heavy atom. The number of benzene rings is 2.